The topological polar surface area (TPSA) is 108 Å². The zero-order chi connectivity index (χ0) is 22.6. The monoisotopic (exact) mass is 434 g/mol. The van der Waals surface area contributed by atoms with Gasteiger partial charge in [-0.1, -0.05) is 31.4 Å². The molecule has 0 saturated carbocycles. The van der Waals surface area contributed by atoms with Crippen molar-refractivity contribution in [2.75, 3.05) is 6.54 Å². The van der Waals surface area contributed by atoms with Crippen molar-refractivity contribution < 1.29 is 0 Å². The van der Waals surface area contributed by atoms with E-state index in [4.69, 9.17) is 0 Å². The molecule has 0 aliphatic rings. The van der Waals surface area contributed by atoms with E-state index in [0.717, 1.165) is 44.4 Å². The SMILES string of the molecule is C=C/C=C(\C=C)CNCc1cncc(-c2cnc3n[nH]c(-c4nc5ccncc5[nH]4)c3c2)c1. The standard InChI is InChI=1S/C25H22N8/c1-3-5-16(4-2)10-27-11-17-8-18(13-28-12-17)19-9-20-23(32-33-24(20)29-14-19)25-30-21-6-7-26-15-22(21)31-25/h3-9,12-15,27H,1-2,10-11H2,(H,30,31)(H,29,32,33)/b16-5+. The van der Waals surface area contributed by atoms with Crippen LogP contribution in [0.25, 0.3) is 44.7 Å². The minimum Gasteiger partial charge on any atom is -0.335 e. The summed E-state index contributed by atoms with van der Waals surface area (Å²) in [5, 5.41) is 11.7. The molecule has 0 atom stereocenters. The van der Waals surface area contributed by atoms with Crippen molar-refractivity contribution in [3.05, 3.63) is 91.7 Å². The molecule has 3 N–H and O–H groups in total. The van der Waals surface area contributed by atoms with Crippen molar-refractivity contribution in [2.24, 2.45) is 0 Å². The van der Waals surface area contributed by atoms with E-state index < -0.39 is 0 Å². The zero-order valence-corrected chi connectivity index (χ0v) is 17.9. The maximum Gasteiger partial charge on any atom is 0.181 e. The van der Waals surface area contributed by atoms with Crippen LogP contribution in [0.2, 0.25) is 0 Å². The van der Waals surface area contributed by atoms with Gasteiger partial charge in [-0.15, -0.1) is 0 Å². The fraction of sp³-hybridized carbons (Fsp3) is 0.0800. The molecule has 162 valence electrons. The van der Waals surface area contributed by atoms with Gasteiger partial charge in [0.1, 0.15) is 5.69 Å². The molecule has 0 aromatic carbocycles. The number of fused-ring (bicyclic) bond motifs is 2. The summed E-state index contributed by atoms with van der Waals surface area (Å²) in [5.74, 6) is 0.695. The molecule has 5 rings (SSSR count). The molecular weight excluding hydrogens is 412 g/mol. The van der Waals surface area contributed by atoms with Gasteiger partial charge in [0, 0.05) is 49.0 Å². The molecule has 0 aliphatic carbocycles. The maximum atomic E-state index is 4.66. The number of hydrogen-bond acceptors (Lipinski definition) is 6. The molecule has 0 radical (unpaired) electrons. The van der Waals surface area contributed by atoms with E-state index in [1.165, 1.54) is 0 Å². The maximum absolute atomic E-state index is 4.66. The van der Waals surface area contributed by atoms with Crippen molar-refractivity contribution in [1.82, 2.24) is 40.4 Å². The molecule has 0 aliphatic heterocycles. The number of hydrogen-bond donors (Lipinski definition) is 3. The molecule has 0 unspecified atom stereocenters. The van der Waals surface area contributed by atoms with Crippen LogP contribution < -0.4 is 5.32 Å². The summed E-state index contributed by atoms with van der Waals surface area (Å²) in [6.45, 7) is 8.95. The Balaban J connectivity index is 1.43. The lowest BCUT2D eigenvalue weighted by molar-refractivity contribution is 0.745. The van der Waals surface area contributed by atoms with Crippen LogP contribution in [0.5, 0.6) is 0 Å². The summed E-state index contributed by atoms with van der Waals surface area (Å²) in [4.78, 5) is 21.1. The first kappa shape index (κ1) is 20.5. The average Bonchev–Trinajstić information content (AvgIpc) is 3.47. The van der Waals surface area contributed by atoms with Crippen LogP contribution in [-0.4, -0.2) is 41.7 Å². The summed E-state index contributed by atoms with van der Waals surface area (Å²) in [6, 6.07) is 6.04. The number of imidazole rings is 1. The molecule has 5 heterocycles. The number of aromatic nitrogens is 7. The van der Waals surface area contributed by atoms with Gasteiger partial charge in [0.05, 0.1) is 22.6 Å². The molecule has 0 amide bonds. The molecule has 0 spiro atoms. The van der Waals surface area contributed by atoms with E-state index in [-0.39, 0.29) is 0 Å². The number of nitrogens with zero attached hydrogens (tertiary/aromatic N) is 5. The number of aromatic amines is 2. The van der Waals surface area contributed by atoms with E-state index in [1.54, 1.807) is 18.5 Å². The van der Waals surface area contributed by atoms with Crippen LogP contribution in [0.4, 0.5) is 0 Å². The van der Waals surface area contributed by atoms with Crippen LogP contribution >= 0.6 is 0 Å². The number of pyridine rings is 3. The van der Waals surface area contributed by atoms with Crippen molar-refractivity contribution in [2.45, 2.75) is 6.54 Å². The number of rotatable bonds is 8. The van der Waals surface area contributed by atoms with Gasteiger partial charge in [0.15, 0.2) is 11.5 Å². The summed E-state index contributed by atoms with van der Waals surface area (Å²) >= 11 is 0. The number of H-pyrrole nitrogens is 2. The Labute approximate surface area is 190 Å². The Bertz CT molecular complexity index is 1460. The van der Waals surface area contributed by atoms with E-state index in [9.17, 15) is 0 Å². The molecule has 5 aromatic heterocycles. The largest absolute Gasteiger partial charge is 0.335 e. The molecule has 5 aromatic rings. The van der Waals surface area contributed by atoms with E-state index in [1.807, 2.05) is 36.8 Å². The fourth-order valence-electron chi connectivity index (χ4n) is 3.66. The molecule has 0 fully saturated rings. The van der Waals surface area contributed by atoms with E-state index in [0.29, 0.717) is 24.6 Å². The highest BCUT2D eigenvalue weighted by Gasteiger charge is 2.14. The quantitative estimate of drug-likeness (QED) is 0.314. The Morgan fingerprint density at radius 3 is 2.82 bits per heavy atom. The highest BCUT2D eigenvalue weighted by molar-refractivity contribution is 5.93. The van der Waals surface area contributed by atoms with Crippen LogP contribution in [0.1, 0.15) is 5.56 Å². The van der Waals surface area contributed by atoms with Crippen molar-refractivity contribution in [1.29, 1.82) is 0 Å². The molecule has 8 heteroatoms. The molecule has 8 nitrogen and oxygen atoms in total. The van der Waals surface area contributed by atoms with Crippen LogP contribution in [0.3, 0.4) is 0 Å². The first-order valence-corrected chi connectivity index (χ1v) is 10.5. The van der Waals surface area contributed by atoms with Crippen LogP contribution in [0, 0.1) is 0 Å². The summed E-state index contributed by atoms with van der Waals surface area (Å²) in [5.41, 5.74) is 7.22. The lowest BCUT2D eigenvalue weighted by Crippen LogP contribution is -2.16. The lowest BCUT2D eigenvalue weighted by atomic mass is 10.1. The molecule has 0 bridgehead atoms. The minimum atomic E-state index is 0.629. The number of nitrogens with one attached hydrogen (secondary N) is 3. The minimum absolute atomic E-state index is 0.629. The molecule has 33 heavy (non-hydrogen) atoms. The Morgan fingerprint density at radius 2 is 1.97 bits per heavy atom. The Kier molecular flexibility index (Phi) is 5.57. The van der Waals surface area contributed by atoms with Gasteiger partial charge in [0.25, 0.3) is 0 Å². The second-order valence-corrected chi connectivity index (χ2v) is 7.54. The van der Waals surface area contributed by atoms with Crippen LogP contribution in [0.15, 0.2) is 86.1 Å². The van der Waals surface area contributed by atoms with Crippen LogP contribution in [-0.2, 0) is 6.54 Å². The van der Waals surface area contributed by atoms with E-state index >= 15 is 0 Å². The summed E-state index contributed by atoms with van der Waals surface area (Å²) < 4.78 is 0. The van der Waals surface area contributed by atoms with Crippen molar-refractivity contribution >= 4 is 22.1 Å². The van der Waals surface area contributed by atoms with Gasteiger partial charge in [-0.3, -0.25) is 15.1 Å². The zero-order valence-electron chi connectivity index (χ0n) is 17.9. The average molecular weight is 435 g/mol. The van der Waals surface area contributed by atoms with Crippen molar-refractivity contribution in [3.63, 3.8) is 0 Å². The van der Waals surface area contributed by atoms with Gasteiger partial charge >= 0.3 is 0 Å². The third kappa shape index (κ3) is 4.19. The van der Waals surface area contributed by atoms with Gasteiger partial charge in [-0.2, -0.15) is 5.10 Å². The molecular formula is C25H22N8. The van der Waals surface area contributed by atoms with E-state index in [2.05, 4.69) is 65.7 Å². The fourth-order valence-corrected chi connectivity index (χ4v) is 3.66. The third-order valence-electron chi connectivity index (χ3n) is 5.31. The van der Waals surface area contributed by atoms with Gasteiger partial charge in [-0.05, 0) is 29.3 Å². The predicted molar refractivity (Wildman–Crippen MR) is 130 cm³/mol. The second kappa shape index (κ2) is 8.97. The normalized spacial score (nSPS) is 11.8. The Hall–Kier alpha value is -4.43. The predicted octanol–water partition coefficient (Wildman–Crippen LogP) is 4.35. The smallest absolute Gasteiger partial charge is 0.181 e. The highest BCUT2D eigenvalue weighted by atomic mass is 15.2. The van der Waals surface area contributed by atoms with Gasteiger partial charge in [-0.25, -0.2) is 9.97 Å². The second-order valence-electron chi connectivity index (χ2n) is 7.54. The first-order valence-electron chi connectivity index (χ1n) is 10.5. The van der Waals surface area contributed by atoms with Gasteiger partial charge < -0.3 is 10.3 Å². The summed E-state index contributed by atoms with van der Waals surface area (Å²) in [6.07, 6.45) is 14.5. The highest BCUT2D eigenvalue weighted by Crippen LogP contribution is 2.29. The van der Waals surface area contributed by atoms with Crippen molar-refractivity contribution in [3.8, 4) is 22.6 Å². The third-order valence-corrected chi connectivity index (χ3v) is 5.31. The first-order chi connectivity index (χ1) is 16.2. The van der Waals surface area contributed by atoms with Gasteiger partial charge in [0.2, 0.25) is 0 Å². The lowest BCUT2D eigenvalue weighted by Gasteiger charge is -2.07. The Morgan fingerprint density at radius 1 is 1.06 bits per heavy atom. The molecule has 0 saturated heterocycles. The number of allylic oxidation sites excluding steroid dienone is 2. The summed E-state index contributed by atoms with van der Waals surface area (Å²) in [7, 11) is 0.